The first-order valence-corrected chi connectivity index (χ1v) is 10.4. The fourth-order valence-electron chi connectivity index (χ4n) is 2.61. The van der Waals surface area contributed by atoms with Crippen LogP contribution in [0.4, 0.5) is 0 Å². The van der Waals surface area contributed by atoms with E-state index in [-0.39, 0.29) is 16.2 Å². The van der Waals surface area contributed by atoms with E-state index in [1.165, 1.54) is 54.6 Å². The molecule has 0 heterocycles. The van der Waals surface area contributed by atoms with Crippen LogP contribution in [0.3, 0.4) is 0 Å². The normalized spacial score (nSPS) is 12.6. The van der Waals surface area contributed by atoms with Crippen molar-refractivity contribution >= 4 is 19.7 Å². The summed E-state index contributed by atoms with van der Waals surface area (Å²) in [7, 11) is -8.70. The number of hydrogen-bond acceptors (Lipinski definition) is 4. The highest BCUT2D eigenvalue weighted by Gasteiger charge is 2.54. The number of benzene rings is 2. The number of terminal acetylenes is 1. The maximum absolute atomic E-state index is 13.4. The van der Waals surface area contributed by atoms with Crippen molar-refractivity contribution < 1.29 is 18.2 Å². The zero-order chi connectivity index (χ0) is 19.3. The Kier molecular flexibility index (Phi) is 5.07. The zero-order valence-corrected chi connectivity index (χ0v) is 15.1. The van der Waals surface area contributed by atoms with Crippen molar-refractivity contribution in [3.8, 4) is 12.3 Å². The van der Waals surface area contributed by atoms with Gasteiger partial charge < -0.3 is 0 Å². The third kappa shape index (κ3) is 3.13. The van der Waals surface area contributed by atoms with Crippen molar-refractivity contribution in [1.82, 2.24) is 0 Å². The quantitative estimate of drug-likeness (QED) is 0.550. The minimum absolute atomic E-state index is 0.117. The van der Waals surface area contributed by atoms with Gasteiger partial charge in [-0.15, -0.1) is 18.9 Å². The first-order chi connectivity index (χ1) is 12.3. The molecule has 0 aliphatic carbocycles. The molecule has 0 aliphatic rings. The number of sulfone groups is 2. The third-order valence-corrected chi connectivity index (χ3v) is 9.58. The van der Waals surface area contributed by atoms with Gasteiger partial charge in [-0.25, -0.2) is 16.8 Å². The summed E-state index contributed by atoms with van der Waals surface area (Å²) in [6.07, 6.45) is 2.24. The zero-order valence-electron chi connectivity index (χ0n) is 14.4. The van der Waals surface area contributed by atoms with E-state index in [4.69, 9.17) is 1.37 Å². The lowest BCUT2D eigenvalue weighted by molar-refractivity contribution is 0.539. The summed E-state index contributed by atoms with van der Waals surface area (Å²) in [5.41, 5.74) is 0. The van der Waals surface area contributed by atoms with Gasteiger partial charge in [0.2, 0.25) is 0 Å². The van der Waals surface area contributed by atoms with Crippen LogP contribution in [0.25, 0.3) is 0 Å². The topological polar surface area (TPSA) is 68.3 Å². The van der Waals surface area contributed by atoms with Crippen LogP contribution < -0.4 is 0 Å². The van der Waals surface area contributed by atoms with Crippen molar-refractivity contribution in [3.63, 3.8) is 0 Å². The molecule has 2 rings (SSSR count). The first kappa shape index (κ1) is 17.5. The summed E-state index contributed by atoms with van der Waals surface area (Å²) in [5, 5.41) is 0. The molecule has 0 radical (unpaired) electrons. The van der Waals surface area contributed by atoms with Crippen LogP contribution in [-0.4, -0.2) is 20.9 Å². The van der Waals surface area contributed by atoms with Gasteiger partial charge in [-0.2, -0.15) is 0 Å². The summed E-state index contributed by atoms with van der Waals surface area (Å²) >= 11 is 0. The lowest BCUT2D eigenvalue weighted by Crippen LogP contribution is -2.46. The minimum Gasteiger partial charge on any atom is -0.222 e. The Morgan fingerprint density at radius 3 is 1.76 bits per heavy atom. The van der Waals surface area contributed by atoms with Crippen LogP contribution >= 0.6 is 0 Å². The van der Waals surface area contributed by atoms with E-state index in [1.807, 2.05) is 6.40 Å². The van der Waals surface area contributed by atoms with Crippen molar-refractivity contribution in [3.05, 3.63) is 73.3 Å². The van der Waals surface area contributed by atoms with Crippen LogP contribution in [-0.2, 0) is 19.7 Å². The second-order valence-corrected chi connectivity index (χ2v) is 10.2. The summed E-state index contributed by atoms with van der Waals surface area (Å²) in [6, 6.07) is 14.8. The summed E-state index contributed by atoms with van der Waals surface area (Å²) < 4.78 is 58.4. The van der Waals surface area contributed by atoms with E-state index in [0.29, 0.717) is 0 Å². The molecule has 0 saturated heterocycles. The molecule has 0 aliphatic heterocycles. The highest BCUT2D eigenvalue weighted by molar-refractivity contribution is 8.10. The highest BCUT2D eigenvalue weighted by atomic mass is 32.3. The van der Waals surface area contributed by atoms with Gasteiger partial charge in [0.1, 0.15) is 1.37 Å². The molecule has 2 aromatic rings. The average Bonchev–Trinajstić information content (AvgIpc) is 2.66. The van der Waals surface area contributed by atoms with Crippen molar-refractivity contribution in [1.29, 1.82) is 0 Å². The lowest BCUT2D eigenvalue weighted by atomic mass is 10.2. The molecule has 130 valence electrons. The Hall–Kier alpha value is -2.36. The predicted octanol–water partition coefficient (Wildman–Crippen LogP) is 3.23. The second kappa shape index (κ2) is 7.26. The highest BCUT2D eigenvalue weighted by Crippen LogP contribution is 2.41. The molecule has 0 amide bonds. The fourth-order valence-corrected chi connectivity index (χ4v) is 7.43. The van der Waals surface area contributed by atoms with Gasteiger partial charge in [0.15, 0.2) is 23.8 Å². The molecule has 0 atom stereocenters. The third-order valence-electron chi connectivity index (χ3n) is 3.90. The van der Waals surface area contributed by atoms with E-state index >= 15 is 0 Å². The number of allylic oxidation sites excluding steroid dienone is 1. The smallest absolute Gasteiger partial charge is 0.200 e. The van der Waals surface area contributed by atoms with E-state index < -0.39 is 30.2 Å². The summed E-state index contributed by atoms with van der Waals surface area (Å²) in [4.78, 5) is -0.235. The van der Waals surface area contributed by atoms with Gasteiger partial charge in [0.05, 0.1) is 9.79 Å². The molecular weight excluding hydrogens is 356 g/mol. The molecule has 0 fully saturated rings. The summed E-state index contributed by atoms with van der Waals surface area (Å²) in [6.45, 7) is 3.54. The van der Waals surface area contributed by atoms with E-state index in [2.05, 4.69) is 12.5 Å². The molecule has 4 nitrogen and oxygen atoms in total. The Balaban J connectivity index is 2.86. The Morgan fingerprint density at radius 2 is 1.40 bits per heavy atom. The van der Waals surface area contributed by atoms with Gasteiger partial charge in [-0.05, 0) is 24.3 Å². The maximum Gasteiger partial charge on any atom is 0.200 e. The molecule has 0 aromatic heterocycles. The molecule has 25 heavy (non-hydrogen) atoms. The van der Waals surface area contributed by atoms with Crippen LogP contribution in [0.1, 0.15) is 14.2 Å². The van der Waals surface area contributed by atoms with Crippen LogP contribution in [0, 0.1) is 12.3 Å². The number of rotatable bonds is 7. The second-order valence-electron chi connectivity index (χ2n) is 5.39. The standard InChI is InChI=1S/C19H18O4S2/c1-3-15-19(16-4-2,24(20,21)17-11-7-5-8-12-17)25(22,23)18-13-9-6-10-14-18/h1,4-14H,2,15-16H2/i1D. The maximum atomic E-state index is 13.4. The fraction of sp³-hybridized carbons (Fsp3) is 0.158. The van der Waals surface area contributed by atoms with E-state index in [9.17, 15) is 16.8 Å². The van der Waals surface area contributed by atoms with Gasteiger partial charge in [0, 0.05) is 12.8 Å². The van der Waals surface area contributed by atoms with E-state index in [1.54, 1.807) is 12.1 Å². The SMILES string of the molecule is [2H]C#CCC(CC=C)(S(=O)(=O)c1ccccc1)S(=O)(=O)c1ccccc1. The van der Waals surface area contributed by atoms with Crippen LogP contribution in [0.2, 0.25) is 0 Å². The Labute approximate surface area is 150 Å². The molecule has 0 spiro atoms. The molecule has 0 bridgehead atoms. The largest absolute Gasteiger partial charge is 0.222 e. The first-order valence-electron chi connectivity index (χ1n) is 7.93. The van der Waals surface area contributed by atoms with Crippen molar-refractivity contribution in [2.24, 2.45) is 0 Å². The monoisotopic (exact) mass is 375 g/mol. The molecule has 0 unspecified atom stereocenters. The molecule has 0 N–H and O–H groups in total. The average molecular weight is 375 g/mol. The van der Waals surface area contributed by atoms with Gasteiger partial charge in [-0.3, -0.25) is 0 Å². The molecule has 2 aromatic carbocycles. The van der Waals surface area contributed by atoms with Gasteiger partial charge in [0.25, 0.3) is 0 Å². The van der Waals surface area contributed by atoms with Crippen molar-refractivity contribution in [2.45, 2.75) is 26.7 Å². The van der Waals surface area contributed by atoms with Gasteiger partial charge in [-0.1, -0.05) is 42.5 Å². The minimum atomic E-state index is -4.35. The Morgan fingerprint density at radius 1 is 0.960 bits per heavy atom. The van der Waals surface area contributed by atoms with Crippen LogP contribution in [0.5, 0.6) is 0 Å². The molecular formula is C19H18O4S2. The van der Waals surface area contributed by atoms with E-state index in [0.717, 1.165) is 0 Å². The van der Waals surface area contributed by atoms with Gasteiger partial charge >= 0.3 is 0 Å². The predicted molar refractivity (Wildman–Crippen MR) is 98.3 cm³/mol. The van der Waals surface area contributed by atoms with Crippen molar-refractivity contribution in [2.75, 3.05) is 0 Å². The van der Waals surface area contributed by atoms with Crippen LogP contribution in [0.15, 0.2) is 83.1 Å². The summed E-state index contributed by atoms with van der Waals surface area (Å²) in [5.74, 6) is 2.34. The molecule has 0 saturated carbocycles. The molecule has 6 heteroatoms. The Bertz CT molecular complexity index is 963. The lowest BCUT2D eigenvalue weighted by Gasteiger charge is -2.30. The number of hydrogen-bond donors (Lipinski definition) is 0.